The van der Waals surface area contributed by atoms with Crippen molar-refractivity contribution in [3.8, 4) is 0 Å². The van der Waals surface area contributed by atoms with Crippen molar-refractivity contribution < 1.29 is 4.79 Å². The Morgan fingerprint density at radius 1 is 1.50 bits per heavy atom. The van der Waals surface area contributed by atoms with E-state index in [0.29, 0.717) is 13.0 Å². The molecular weight excluding hydrogens is 200 g/mol. The Labute approximate surface area is 97.0 Å². The fourth-order valence-electron chi connectivity index (χ4n) is 1.59. The molecule has 0 fully saturated rings. The Bertz CT molecular complexity index is 346. The summed E-state index contributed by atoms with van der Waals surface area (Å²) in [4.78, 5) is 11.7. The number of rotatable bonds is 5. The summed E-state index contributed by atoms with van der Waals surface area (Å²) in [6, 6.07) is 7.80. The quantitative estimate of drug-likeness (QED) is 0.800. The smallest absolute Gasteiger partial charge is 0.224 e. The van der Waals surface area contributed by atoms with Crippen LogP contribution in [0.4, 0.5) is 5.69 Å². The molecule has 3 N–H and O–H groups in total. The van der Waals surface area contributed by atoms with E-state index in [2.05, 4.69) is 12.2 Å². The maximum Gasteiger partial charge on any atom is 0.224 e. The molecule has 0 aliphatic heterocycles. The van der Waals surface area contributed by atoms with E-state index in [-0.39, 0.29) is 11.8 Å². The zero-order chi connectivity index (χ0) is 12.0. The van der Waals surface area contributed by atoms with Gasteiger partial charge in [-0.2, -0.15) is 0 Å². The average Bonchev–Trinajstić information content (AvgIpc) is 2.26. The second-order valence-electron chi connectivity index (χ2n) is 4.13. The van der Waals surface area contributed by atoms with Crippen LogP contribution in [0.25, 0.3) is 0 Å². The Morgan fingerprint density at radius 2 is 2.25 bits per heavy atom. The van der Waals surface area contributed by atoms with Gasteiger partial charge >= 0.3 is 0 Å². The van der Waals surface area contributed by atoms with Crippen LogP contribution in [-0.4, -0.2) is 12.5 Å². The molecule has 0 aliphatic carbocycles. The number of anilines is 1. The Balaban J connectivity index is 2.51. The summed E-state index contributed by atoms with van der Waals surface area (Å²) in [5.41, 5.74) is 7.57. The van der Waals surface area contributed by atoms with Crippen molar-refractivity contribution in [3.05, 3.63) is 29.8 Å². The van der Waals surface area contributed by atoms with Gasteiger partial charge in [0, 0.05) is 12.1 Å². The van der Waals surface area contributed by atoms with E-state index in [4.69, 9.17) is 5.73 Å². The fourth-order valence-corrected chi connectivity index (χ4v) is 1.59. The third-order valence-electron chi connectivity index (χ3n) is 2.69. The zero-order valence-electron chi connectivity index (χ0n) is 9.99. The van der Waals surface area contributed by atoms with Crippen molar-refractivity contribution in [1.82, 2.24) is 0 Å². The molecule has 3 heteroatoms. The second kappa shape index (κ2) is 6.28. The van der Waals surface area contributed by atoms with Crippen LogP contribution in [0.5, 0.6) is 0 Å². The first kappa shape index (κ1) is 12.7. The third-order valence-corrected chi connectivity index (χ3v) is 2.69. The van der Waals surface area contributed by atoms with Crippen molar-refractivity contribution in [1.29, 1.82) is 0 Å². The molecule has 0 aliphatic rings. The van der Waals surface area contributed by atoms with Gasteiger partial charge in [-0.3, -0.25) is 4.79 Å². The summed E-state index contributed by atoms with van der Waals surface area (Å²) in [6.45, 7) is 4.62. The van der Waals surface area contributed by atoms with Crippen LogP contribution in [0.2, 0.25) is 0 Å². The molecule has 1 atom stereocenters. The minimum atomic E-state index is 0.0444. The normalized spacial score (nSPS) is 12.2. The highest BCUT2D eigenvalue weighted by Gasteiger charge is 2.10. The standard InChI is InChI=1S/C13H20N2O/c1-3-11(9-14)8-13(16)15-12-6-4-5-10(2)7-12/h4-7,11H,3,8-9,14H2,1-2H3,(H,15,16). The van der Waals surface area contributed by atoms with Crippen LogP contribution in [0.15, 0.2) is 24.3 Å². The van der Waals surface area contributed by atoms with E-state index in [0.717, 1.165) is 17.7 Å². The van der Waals surface area contributed by atoms with Crippen LogP contribution in [0.1, 0.15) is 25.3 Å². The van der Waals surface area contributed by atoms with Crippen molar-refractivity contribution in [2.75, 3.05) is 11.9 Å². The second-order valence-corrected chi connectivity index (χ2v) is 4.13. The lowest BCUT2D eigenvalue weighted by Gasteiger charge is -2.12. The summed E-state index contributed by atoms with van der Waals surface area (Å²) in [5, 5.41) is 2.89. The van der Waals surface area contributed by atoms with Gasteiger partial charge in [-0.05, 0) is 37.1 Å². The highest BCUT2D eigenvalue weighted by Crippen LogP contribution is 2.12. The van der Waals surface area contributed by atoms with Gasteiger partial charge in [-0.1, -0.05) is 25.5 Å². The SMILES string of the molecule is CCC(CN)CC(=O)Nc1cccc(C)c1. The van der Waals surface area contributed by atoms with Gasteiger partial charge in [0.15, 0.2) is 0 Å². The molecule has 88 valence electrons. The van der Waals surface area contributed by atoms with Crippen LogP contribution in [-0.2, 0) is 4.79 Å². The predicted molar refractivity (Wildman–Crippen MR) is 67.3 cm³/mol. The van der Waals surface area contributed by atoms with Crippen LogP contribution in [0.3, 0.4) is 0 Å². The molecule has 0 aromatic heterocycles. The highest BCUT2D eigenvalue weighted by atomic mass is 16.1. The maximum atomic E-state index is 11.7. The van der Waals surface area contributed by atoms with Crippen molar-refractivity contribution in [3.63, 3.8) is 0 Å². The van der Waals surface area contributed by atoms with Gasteiger partial charge in [-0.25, -0.2) is 0 Å². The van der Waals surface area contributed by atoms with Crippen molar-refractivity contribution >= 4 is 11.6 Å². The molecule has 1 amide bonds. The number of carbonyl (C=O) groups is 1. The number of hydrogen-bond donors (Lipinski definition) is 2. The summed E-state index contributed by atoms with van der Waals surface area (Å²) >= 11 is 0. The van der Waals surface area contributed by atoms with Crippen molar-refractivity contribution in [2.45, 2.75) is 26.7 Å². The number of hydrogen-bond acceptors (Lipinski definition) is 2. The monoisotopic (exact) mass is 220 g/mol. The number of amides is 1. The molecule has 0 saturated carbocycles. The molecule has 0 bridgehead atoms. The van der Waals surface area contributed by atoms with Crippen LogP contribution < -0.4 is 11.1 Å². The zero-order valence-corrected chi connectivity index (χ0v) is 9.99. The van der Waals surface area contributed by atoms with Crippen LogP contribution in [0, 0.1) is 12.8 Å². The molecule has 1 rings (SSSR count). The third kappa shape index (κ3) is 4.03. The minimum absolute atomic E-state index is 0.0444. The summed E-state index contributed by atoms with van der Waals surface area (Å²) < 4.78 is 0. The van der Waals surface area contributed by atoms with Gasteiger partial charge in [0.05, 0.1) is 0 Å². The molecular formula is C13H20N2O. The molecule has 0 spiro atoms. The maximum absolute atomic E-state index is 11.7. The fraction of sp³-hybridized carbons (Fsp3) is 0.462. The molecule has 0 radical (unpaired) electrons. The molecule has 16 heavy (non-hydrogen) atoms. The first-order chi connectivity index (χ1) is 7.65. The van der Waals surface area contributed by atoms with Gasteiger partial charge < -0.3 is 11.1 Å². The first-order valence-corrected chi connectivity index (χ1v) is 5.72. The number of aryl methyl sites for hydroxylation is 1. The number of benzene rings is 1. The van der Waals surface area contributed by atoms with Crippen molar-refractivity contribution in [2.24, 2.45) is 11.7 Å². The summed E-state index contributed by atoms with van der Waals surface area (Å²) in [7, 11) is 0. The average molecular weight is 220 g/mol. The van der Waals surface area contributed by atoms with E-state index in [9.17, 15) is 4.79 Å². The Kier molecular flexibility index (Phi) is 4.99. The molecule has 3 nitrogen and oxygen atoms in total. The lowest BCUT2D eigenvalue weighted by molar-refractivity contribution is -0.117. The van der Waals surface area contributed by atoms with E-state index >= 15 is 0 Å². The number of nitrogens with two attached hydrogens (primary N) is 1. The first-order valence-electron chi connectivity index (χ1n) is 5.72. The van der Waals surface area contributed by atoms with Gasteiger partial charge in [-0.15, -0.1) is 0 Å². The minimum Gasteiger partial charge on any atom is -0.330 e. The van der Waals surface area contributed by atoms with E-state index in [1.807, 2.05) is 31.2 Å². The molecule has 1 aromatic rings. The topological polar surface area (TPSA) is 55.1 Å². The Hall–Kier alpha value is -1.35. The van der Waals surface area contributed by atoms with E-state index in [1.165, 1.54) is 0 Å². The summed E-state index contributed by atoms with van der Waals surface area (Å²) in [6.07, 6.45) is 1.44. The highest BCUT2D eigenvalue weighted by molar-refractivity contribution is 5.90. The van der Waals surface area contributed by atoms with Crippen LogP contribution >= 0.6 is 0 Å². The lowest BCUT2D eigenvalue weighted by Crippen LogP contribution is -2.21. The molecule has 0 heterocycles. The molecule has 1 aromatic carbocycles. The summed E-state index contributed by atoms with van der Waals surface area (Å²) in [5.74, 6) is 0.327. The predicted octanol–water partition coefficient (Wildman–Crippen LogP) is 2.31. The van der Waals surface area contributed by atoms with E-state index in [1.54, 1.807) is 0 Å². The Morgan fingerprint density at radius 3 is 2.81 bits per heavy atom. The lowest BCUT2D eigenvalue weighted by atomic mass is 10.0. The van der Waals surface area contributed by atoms with Gasteiger partial charge in [0.1, 0.15) is 0 Å². The molecule has 1 unspecified atom stereocenters. The largest absolute Gasteiger partial charge is 0.330 e. The number of carbonyl (C=O) groups excluding carboxylic acids is 1. The van der Waals surface area contributed by atoms with E-state index < -0.39 is 0 Å². The molecule has 0 saturated heterocycles. The van der Waals surface area contributed by atoms with Gasteiger partial charge in [0.2, 0.25) is 5.91 Å². The number of nitrogens with one attached hydrogen (secondary N) is 1. The van der Waals surface area contributed by atoms with Gasteiger partial charge in [0.25, 0.3) is 0 Å².